The predicted molar refractivity (Wildman–Crippen MR) is 108 cm³/mol. The number of rotatable bonds is 5. The van der Waals surface area contributed by atoms with Gasteiger partial charge in [0.15, 0.2) is 5.82 Å². The van der Waals surface area contributed by atoms with Crippen molar-refractivity contribution in [1.82, 2.24) is 14.8 Å². The maximum atomic E-state index is 13.1. The molecule has 1 amide bonds. The fourth-order valence-corrected chi connectivity index (χ4v) is 2.80. The van der Waals surface area contributed by atoms with E-state index in [1.54, 1.807) is 11.8 Å². The first-order valence-electron chi connectivity index (χ1n) is 8.88. The molecule has 0 aliphatic rings. The van der Waals surface area contributed by atoms with Gasteiger partial charge < -0.3 is 10.1 Å². The largest absolute Gasteiger partial charge is 0.497 e. The molecular weight excluding hydrogens is 371 g/mol. The van der Waals surface area contributed by atoms with Crippen LogP contribution >= 0.6 is 0 Å². The monoisotopic (exact) mass is 388 g/mol. The van der Waals surface area contributed by atoms with Gasteiger partial charge in [-0.05, 0) is 60.7 Å². The summed E-state index contributed by atoms with van der Waals surface area (Å²) in [6, 6.07) is 22.3. The molecule has 0 radical (unpaired) electrons. The van der Waals surface area contributed by atoms with Crippen LogP contribution in [-0.2, 0) is 0 Å². The molecule has 4 rings (SSSR count). The van der Waals surface area contributed by atoms with E-state index >= 15 is 0 Å². The second-order valence-corrected chi connectivity index (χ2v) is 6.20. The summed E-state index contributed by atoms with van der Waals surface area (Å²) in [6.45, 7) is 0. The molecule has 1 heterocycles. The van der Waals surface area contributed by atoms with Crippen LogP contribution in [0.15, 0.2) is 78.9 Å². The van der Waals surface area contributed by atoms with Crippen molar-refractivity contribution in [2.75, 3.05) is 12.4 Å². The number of amides is 1. The summed E-state index contributed by atoms with van der Waals surface area (Å²) >= 11 is 0. The summed E-state index contributed by atoms with van der Waals surface area (Å²) in [4.78, 5) is 17.1. The van der Waals surface area contributed by atoms with Crippen LogP contribution in [0.4, 0.5) is 10.1 Å². The maximum Gasteiger partial charge on any atom is 0.295 e. The lowest BCUT2D eigenvalue weighted by Gasteiger charge is -2.06. The standard InChI is InChI=1S/C22H17FN4O2/c1-29-19-13-7-15(8-14-19)21-25-20(26-27(21)18-5-3-2-4-6-18)22(28)24-17-11-9-16(23)10-12-17/h2-14H,1H3,(H,24,28). The van der Waals surface area contributed by atoms with Crippen LogP contribution in [0.25, 0.3) is 17.1 Å². The van der Waals surface area contributed by atoms with Crippen molar-refractivity contribution in [2.24, 2.45) is 0 Å². The third-order valence-corrected chi connectivity index (χ3v) is 4.26. The van der Waals surface area contributed by atoms with E-state index in [1.807, 2.05) is 54.6 Å². The SMILES string of the molecule is COc1ccc(-c2nc(C(=O)Nc3ccc(F)cc3)nn2-c2ccccc2)cc1. The number of methoxy groups -OCH3 is 1. The minimum atomic E-state index is -0.485. The predicted octanol–water partition coefficient (Wildman–Crippen LogP) is 4.33. The highest BCUT2D eigenvalue weighted by Crippen LogP contribution is 2.24. The van der Waals surface area contributed by atoms with E-state index < -0.39 is 5.91 Å². The highest BCUT2D eigenvalue weighted by Gasteiger charge is 2.19. The first-order valence-corrected chi connectivity index (χ1v) is 8.88. The van der Waals surface area contributed by atoms with Gasteiger partial charge in [0.05, 0.1) is 12.8 Å². The smallest absolute Gasteiger partial charge is 0.295 e. The van der Waals surface area contributed by atoms with Gasteiger partial charge in [-0.25, -0.2) is 14.1 Å². The zero-order valence-electron chi connectivity index (χ0n) is 15.5. The third-order valence-electron chi connectivity index (χ3n) is 4.26. The van der Waals surface area contributed by atoms with Crippen molar-refractivity contribution in [1.29, 1.82) is 0 Å². The molecule has 0 aliphatic heterocycles. The molecule has 6 nitrogen and oxygen atoms in total. The molecule has 0 atom stereocenters. The summed E-state index contributed by atoms with van der Waals surface area (Å²) in [5.74, 6) is 0.373. The van der Waals surface area contributed by atoms with Crippen LogP contribution in [0, 0.1) is 5.82 Å². The zero-order chi connectivity index (χ0) is 20.2. The molecular formula is C22H17FN4O2. The topological polar surface area (TPSA) is 69.0 Å². The number of benzene rings is 3. The second kappa shape index (κ2) is 7.93. The molecule has 0 aliphatic carbocycles. The molecule has 3 aromatic carbocycles. The van der Waals surface area contributed by atoms with Gasteiger partial charge in [0.25, 0.3) is 5.91 Å². The first-order chi connectivity index (χ1) is 14.1. The Bertz CT molecular complexity index is 1120. The number of carbonyl (C=O) groups is 1. The van der Waals surface area contributed by atoms with Crippen LogP contribution in [0.2, 0.25) is 0 Å². The number of hydrogen-bond acceptors (Lipinski definition) is 4. The lowest BCUT2D eigenvalue weighted by molar-refractivity contribution is 0.101. The number of carbonyl (C=O) groups excluding carboxylic acids is 1. The molecule has 0 bridgehead atoms. The van der Waals surface area contributed by atoms with Crippen molar-refractivity contribution in [2.45, 2.75) is 0 Å². The molecule has 0 unspecified atom stereocenters. The second-order valence-electron chi connectivity index (χ2n) is 6.20. The van der Waals surface area contributed by atoms with Crippen LogP contribution in [-0.4, -0.2) is 27.8 Å². The Labute approximate surface area is 166 Å². The fraction of sp³-hybridized carbons (Fsp3) is 0.0455. The molecule has 29 heavy (non-hydrogen) atoms. The molecule has 1 aromatic heterocycles. The Kier molecular flexibility index (Phi) is 5.03. The number of ether oxygens (including phenoxy) is 1. The lowest BCUT2D eigenvalue weighted by atomic mass is 10.2. The Hall–Kier alpha value is -4.00. The number of aromatic nitrogens is 3. The first kappa shape index (κ1) is 18.4. The Morgan fingerprint density at radius 2 is 1.66 bits per heavy atom. The molecule has 1 N–H and O–H groups in total. The average Bonchev–Trinajstić information content (AvgIpc) is 3.22. The Morgan fingerprint density at radius 1 is 0.966 bits per heavy atom. The quantitative estimate of drug-likeness (QED) is 0.552. The van der Waals surface area contributed by atoms with Crippen LogP contribution in [0.3, 0.4) is 0 Å². The molecule has 144 valence electrons. The van der Waals surface area contributed by atoms with Crippen molar-refractivity contribution < 1.29 is 13.9 Å². The number of nitrogens with one attached hydrogen (secondary N) is 1. The summed E-state index contributed by atoms with van der Waals surface area (Å²) in [5, 5.41) is 7.08. The van der Waals surface area contributed by atoms with Crippen LogP contribution < -0.4 is 10.1 Å². The maximum absolute atomic E-state index is 13.1. The normalized spacial score (nSPS) is 10.6. The van der Waals surface area contributed by atoms with Gasteiger partial charge in [-0.3, -0.25) is 4.79 Å². The number of para-hydroxylation sites is 1. The van der Waals surface area contributed by atoms with E-state index in [1.165, 1.54) is 24.3 Å². The van der Waals surface area contributed by atoms with Crippen LogP contribution in [0.5, 0.6) is 5.75 Å². The average molecular weight is 388 g/mol. The van der Waals surface area contributed by atoms with Crippen LogP contribution in [0.1, 0.15) is 10.6 Å². The van der Waals surface area contributed by atoms with Gasteiger partial charge in [-0.15, -0.1) is 5.10 Å². The summed E-state index contributed by atoms with van der Waals surface area (Å²) in [6.07, 6.45) is 0. The number of nitrogens with zero attached hydrogens (tertiary/aromatic N) is 3. The van der Waals surface area contributed by atoms with E-state index in [0.717, 1.165) is 11.3 Å². The van der Waals surface area contributed by atoms with Gasteiger partial charge in [-0.1, -0.05) is 18.2 Å². The Balaban J connectivity index is 1.72. The van der Waals surface area contributed by atoms with Gasteiger partial charge >= 0.3 is 0 Å². The van der Waals surface area contributed by atoms with Crippen molar-refractivity contribution >= 4 is 11.6 Å². The third kappa shape index (κ3) is 3.98. The molecule has 0 saturated heterocycles. The van der Waals surface area contributed by atoms with E-state index in [4.69, 9.17) is 4.74 Å². The van der Waals surface area contributed by atoms with Gasteiger partial charge in [0.1, 0.15) is 11.6 Å². The zero-order valence-corrected chi connectivity index (χ0v) is 15.5. The van der Waals surface area contributed by atoms with E-state index in [9.17, 15) is 9.18 Å². The molecule has 0 spiro atoms. The van der Waals surface area contributed by atoms with E-state index in [2.05, 4.69) is 15.4 Å². The lowest BCUT2D eigenvalue weighted by Crippen LogP contribution is -2.14. The van der Waals surface area contributed by atoms with E-state index in [0.29, 0.717) is 17.3 Å². The van der Waals surface area contributed by atoms with Crippen molar-refractivity contribution in [3.8, 4) is 22.8 Å². The van der Waals surface area contributed by atoms with Gasteiger partial charge in [0, 0.05) is 11.3 Å². The van der Waals surface area contributed by atoms with Crippen molar-refractivity contribution in [3.63, 3.8) is 0 Å². The summed E-state index contributed by atoms with van der Waals surface area (Å²) in [5.41, 5.74) is 2.01. The van der Waals surface area contributed by atoms with Gasteiger partial charge in [-0.2, -0.15) is 0 Å². The fourth-order valence-electron chi connectivity index (χ4n) is 2.80. The number of halogens is 1. The number of hydrogen-bond donors (Lipinski definition) is 1. The molecule has 7 heteroatoms. The minimum absolute atomic E-state index is 0.00370. The molecule has 0 fully saturated rings. The van der Waals surface area contributed by atoms with E-state index in [-0.39, 0.29) is 11.6 Å². The van der Waals surface area contributed by atoms with Crippen molar-refractivity contribution in [3.05, 3.63) is 90.5 Å². The highest BCUT2D eigenvalue weighted by atomic mass is 19.1. The Morgan fingerprint density at radius 3 is 2.31 bits per heavy atom. The number of anilines is 1. The molecule has 4 aromatic rings. The highest BCUT2D eigenvalue weighted by molar-refractivity contribution is 6.01. The summed E-state index contributed by atoms with van der Waals surface area (Å²) < 4.78 is 19.9. The summed E-state index contributed by atoms with van der Waals surface area (Å²) in [7, 11) is 1.60. The minimum Gasteiger partial charge on any atom is -0.497 e. The molecule has 0 saturated carbocycles. The van der Waals surface area contributed by atoms with Gasteiger partial charge in [0.2, 0.25) is 5.82 Å².